The molecule has 246 valence electrons. The number of anilines is 3. The molecule has 0 atom stereocenters. The van der Waals surface area contributed by atoms with E-state index < -0.39 is 0 Å². The molecule has 5 heteroatoms. The average Bonchev–Trinajstić information content (AvgIpc) is 3.20. The van der Waals surface area contributed by atoms with Gasteiger partial charge >= 0.3 is 0 Å². The van der Waals surface area contributed by atoms with Crippen LogP contribution in [0, 0.1) is 13.8 Å². The van der Waals surface area contributed by atoms with Crippen molar-refractivity contribution < 1.29 is 0 Å². The summed E-state index contributed by atoms with van der Waals surface area (Å²) < 4.78 is 0. The molecule has 7 aromatic rings. The second-order valence-electron chi connectivity index (χ2n) is 12.8. The van der Waals surface area contributed by atoms with Crippen molar-refractivity contribution in [1.29, 1.82) is 0 Å². The van der Waals surface area contributed by atoms with E-state index in [0.717, 1.165) is 63.6 Å². The van der Waals surface area contributed by atoms with Gasteiger partial charge in [0.25, 0.3) is 0 Å². The number of nitrogens with zero attached hydrogens (tertiary/aromatic N) is 5. The number of allylic oxidation sites excluding steroid dienone is 4. The number of hydrogen-bond acceptors (Lipinski definition) is 5. The van der Waals surface area contributed by atoms with Gasteiger partial charge in [-0.05, 0) is 78.8 Å². The van der Waals surface area contributed by atoms with Crippen molar-refractivity contribution in [3.63, 3.8) is 0 Å². The summed E-state index contributed by atoms with van der Waals surface area (Å²) in [5.74, 6) is 0.995. The third-order valence-electron chi connectivity index (χ3n) is 9.29. The number of aryl methyl sites for hydroxylation is 2. The quantitative estimate of drug-likeness (QED) is 0.162. The number of benzene rings is 5. The van der Waals surface area contributed by atoms with Crippen LogP contribution >= 0.6 is 0 Å². The van der Waals surface area contributed by atoms with E-state index in [9.17, 15) is 0 Å². The molecule has 51 heavy (non-hydrogen) atoms. The highest BCUT2D eigenvalue weighted by molar-refractivity contribution is 5.81. The monoisotopic (exact) mass is 659 g/mol. The molecule has 0 unspecified atom stereocenters. The van der Waals surface area contributed by atoms with Gasteiger partial charge in [0.2, 0.25) is 11.9 Å². The van der Waals surface area contributed by atoms with Crippen molar-refractivity contribution in [1.82, 2.24) is 19.9 Å². The van der Waals surface area contributed by atoms with Crippen molar-refractivity contribution in [2.24, 2.45) is 0 Å². The first-order valence-corrected chi connectivity index (χ1v) is 17.4. The van der Waals surface area contributed by atoms with Crippen molar-refractivity contribution in [3.8, 4) is 44.9 Å². The lowest BCUT2D eigenvalue weighted by molar-refractivity contribution is 0.989. The Morgan fingerprint density at radius 2 is 0.961 bits per heavy atom. The zero-order valence-corrected chi connectivity index (χ0v) is 28.7. The van der Waals surface area contributed by atoms with E-state index in [1.807, 2.05) is 59.5 Å². The van der Waals surface area contributed by atoms with E-state index >= 15 is 0 Å². The maximum absolute atomic E-state index is 5.32. The van der Waals surface area contributed by atoms with E-state index in [1.165, 1.54) is 22.3 Å². The minimum Gasteiger partial charge on any atom is -0.247 e. The summed E-state index contributed by atoms with van der Waals surface area (Å²) in [5, 5.41) is 0. The Morgan fingerprint density at radius 3 is 1.49 bits per heavy atom. The third-order valence-corrected chi connectivity index (χ3v) is 9.29. The lowest BCUT2D eigenvalue weighted by Crippen LogP contribution is -2.18. The summed E-state index contributed by atoms with van der Waals surface area (Å²) in [5.41, 5.74) is 13.1. The molecule has 5 nitrogen and oxygen atoms in total. The molecule has 1 aliphatic rings. The first-order valence-electron chi connectivity index (χ1n) is 17.4. The van der Waals surface area contributed by atoms with E-state index in [1.54, 1.807) is 0 Å². The van der Waals surface area contributed by atoms with Crippen LogP contribution in [0.1, 0.15) is 29.7 Å². The maximum atomic E-state index is 5.32. The molecule has 1 aliphatic carbocycles. The van der Waals surface area contributed by atoms with Crippen LogP contribution in [-0.2, 0) is 0 Å². The Labute approximate surface area is 299 Å². The third kappa shape index (κ3) is 6.75. The summed E-state index contributed by atoms with van der Waals surface area (Å²) >= 11 is 0. The second kappa shape index (κ2) is 14.2. The molecule has 8 rings (SSSR count). The molecule has 0 radical (unpaired) electrons. The molecule has 2 heterocycles. The lowest BCUT2D eigenvalue weighted by atomic mass is 9.96. The van der Waals surface area contributed by atoms with Gasteiger partial charge in [0.15, 0.2) is 0 Å². The molecule has 2 aromatic heterocycles. The molecule has 0 fully saturated rings. The van der Waals surface area contributed by atoms with Gasteiger partial charge in [-0.2, -0.15) is 0 Å². The fourth-order valence-corrected chi connectivity index (χ4v) is 6.55. The normalized spacial score (nSPS) is 12.4. The van der Waals surface area contributed by atoms with Crippen LogP contribution < -0.4 is 4.90 Å². The number of aromatic nitrogens is 4. The van der Waals surface area contributed by atoms with Crippen LogP contribution in [0.3, 0.4) is 0 Å². The zero-order chi connectivity index (χ0) is 34.6. The van der Waals surface area contributed by atoms with Gasteiger partial charge in [-0.15, -0.1) is 0 Å². The topological polar surface area (TPSA) is 54.8 Å². The van der Waals surface area contributed by atoms with Crippen LogP contribution in [0.15, 0.2) is 164 Å². The Kier molecular flexibility index (Phi) is 8.84. The van der Waals surface area contributed by atoms with E-state index in [4.69, 9.17) is 19.9 Å². The van der Waals surface area contributed by atoms with Crippen molar-refractivity contribution >= 4 is 23.2 Å². The highest BCUT2D eigenvalue weighted by Gasteiger charge is 2.24. The van der Waals surface area contributed by atoms with Gasteiger partial charge in [0.1, 0.15) is 0 Å². The molecule has 0 amide bonds. The Hall–Kier alpha value is -6.46. The largest absolute Gasteiger partial charge is 0.247 e. The van der Waals surface area contributed by atoms with Crippen molar-refractivity contribution in [2.45, 2.75) is 26.7 Å². The molecule has 0 saturated carbocycles. The fourth-order valence-electron chi connectivity index (χ4n) is 6.55. The van der Waals surface area contributed by atoms with Crippen LogP contribution in [0.2, 0.25) is 0 Å². The zero-order valence-electron chi connectivity index (χ0n) is 28.7. The smallest absolute Gasteiger partial charge is 0.238 e. The van der Waals surface area contributed by atoms with Gasteiger partial charge in [0.05, 0.1) is 28.5 Å². The predicted molar refractivity (Wildman–Crippen MR) is 210 cm³/mol. The van der Waals surface area contributed by atoms with E-state index in [-0.39, 0.29) is 0 Å². The summed E-state index contributed by atoms with van der Waals surface area (Å²) in [6.45, 7) is 4.31. The van der Waals surface area contributed by atoms with Crippen LogP contribution in [0.5, 0.6) is 0 Å². The average molecular weight is 660 g/mol. The highest BCUT2D eigenvalue weighted by atomic mass is 15.3. The molecule has 0 saturated heterocycles. The van der Waals surface area contributed by atoms with Gasteiger partial charge < -0.3 is 0 Å². The first-order chi connectivity index (χ1) is 25.1. The minimum atomic E-state index is 0.489. The number of hydrogen-bond donors (Lipinski definition) is 0. The SMILES string of the molecule is Cc1ccccc1-c1cc(N(c2nc(C3=CC=CCC3)cc(-c3ccccc3)n2)c2nc(-c3ccccc3)cc(-c3ccccc3)n2)ccc1C. The van der Waals surface area contributed by atoms with Gasteiger partial charge in [-0.3, -0.25) is 0 Å². The molecule has 0 spiro atoms. The van der Waals surface area contributed by atoms with Crippen LogP contribution in [-0.4, -0.2) is 19.9 Å². The summed E-state index contributed by atoms with van der Waals surface area (Å²) in [4.78, 5) is 23.2. The molecular formula is C46H37N5. The standard InChI is InChI=1S/C46H37N5/c1-32-17-15-16-26-39(32)40-29-38(28-27-33(40)2)51(45-47-41(34-18-7-3-8-19-34)30-42(48-45)35-20-9-4-10-21-35)46-49-43(36-22-11-5-12-23-36)31-44(50-46)37-24-13-6-14-25-37/h3-13,15-24,26-31H,14,25H2,1-2H3. The van der Waals surface area contributed by atoms with Gasteiger partial charge in [-0.25, -0.2) is 24.8 Å². The van der Waals surface area contributed by atoms with E-state index in [2.05, 4.69) is 123 Å². The maximum Gasteiger partial charge on any atom is 0.238 e. The molecule has 0 aliphatic heterocycles. The lowest BCUT2D eigenvalue weighted by Gasteiger charge is -2.25. The fraction of sp³-hybridized carbons (Fsp3) is 0.0870. The Balaban J connectivity index is 1.42. The van der Waals surface area contributed by atoms with Gasteiger partial charge in [0, 0.05) is 16.7 Å². The minimum absolute atomic E-state index is 0.489. The summed E-state index contributed by atoms with van der Waals surface area (Å²) in [6.07, 6.45) is 8.35. The predicted octanol–water partition coefficient (Wildman–Crippen LogP) is 11.8. The second-order valence-corrected chi connectivity index (χ2v) is 12.8. The first kappa shape index (κ1) is 31.8. The Bertz CT molecular complexity index is 2320. The molecule has 0 N–H and O–H groups in total. The van der Waals surface area contributed by atoms with E-state index in [0.29, 0.717) is 11.9 Å². The summed E-state index contributed by atoms with van der Waals surface area (Å²) in [6, 6.07) is 50.0. The molecule has 0 bridgehead atoms. The van der Waals surface area contributed by atoms with Crippen LogP contribution in [0.25, 0.3) is 50.5 Å². The highest BCUT2D eigenvalue weighted by Crippen LogP contribution is 2.39. The Morgan fingerprint density at radius 1 is 0.471 bits per heavy atom. The molecule has 5 aromatic carbocycles. The van der Waals surface area contributed by atoms with Crippen molar-refractivity contribution in [3.05, 3.63) is 181 Å². The molecular weight excluding hydrogens is 623 g/mol. The van der Waals surface area contributed by atoms with Crippen LogP contribution in [0.4, 0.5) is 17.6 Å². The number of rotatable bonds is 8. The van der Waals surface area contributed by atoms with Crippen molar-refractivity contribution in [2.75, 3.05) is 4.90 Å². The van der Waals surface area contributed by atoms with Gasteiger partial charge in [-0.1, -0.05) is 140 Å². The summed E-state index contributed by atoms with van der Waals surface area (Å²) in [7, 11) is 0.